The van der Waals surface area contributed by atoms with Gasteiger partial charge in [-0.15, -0.1) is 5.10 Å². The number of nitrogens with zero attached hydrogens (tertiary/aromatic N) is 3. The van der Waals surface area contributed by atoms with Crippen molar-refractivity contribution in [1.29, 1.82) is 0 Å². The molecule has 2 fully saturated rings. The highest BCUT2D eigenvalue weighted by Gasteiger charge is 2.49. The Labute approximate surface area is 132 Å². The van der Waals surface area contributed by atoms with Crippen molar-refractivity contribution in [3.05, 3.63) is 5.82 Å². The number of hydrazone groups is 1. The molecule has 1 aromatic rings. The van der Waals surface area contributed by atoms with E-state index in [1.165, 1.54) is 0 Å². The smallest absolute Gasteiger partial charge is 0.369 e. The first-order chi connectivity index (χ1) is 11.0. The van der Waals surface area contributed by atoms with E-state index in [4.69, 9.17) is 9.47 Å². The zero-order valence-electron chi connectivity index (χ0n) is 13.1. The lowest BCUT2D eigenvalue weighted by molar-refractivity contribution is -0.240. The van der Waals surface area contributed by atoms with Crippen LogP contribution >= 0.6 is 0 Å². The zero-order valence-corrected chi connectivity index (χ0v) is 13.1. The molecular weight excluding hydrogens is 302 g/mol. The van der Waals surface area contributed by atoms with Crippen molar-refractivity contribution in [3.8, 4) is 0 Å². The number of H-pyrrole nitrogens is 1. The van der Waals surface area contributed by atoms with Gasteiger partial charge in [-0.1, -0.05) is 13.3 Å². The molecule has 1 aliphatic carbocycles. The number of aryl methyl sites for hydroxylation is 1. The molecule has 124 valence electrons. The number of anilines is 1. The van der Waals surface area contributed by atoms with Gasteiger partial charge >= 0.3 is 11.9 Å². The molecule has 0 unspecified atom stereocenters. The minimum atomic E-state index is -1.12. The Balaban J connectivity index is 1.68. The molecule has 0 bridgehead atoms. The van der Waals surface area contributed by atoms with Crippen LogP contribution in [0.5, 0.6) is 0 Å². The molecule has 0 amide bonds. The summed E-state index contributed by atoms with van der Waals surface area (Å²) >= 11 is 0. The van der Waals surface area contributed by atoms with E-state index >= 15 is 0 Å². The van der Waals surface area contributed by atoms with Crippen molar-refractivity contribution >= 4 is 23.6 Å². The Morgan fingerprint density at radius 2 is 1.96 bits per heavy atom. The van der Waals surface area contributed by atoms with Gasteiger partial charge in [0.2, 0.25) is 0 Å². The maximum atomic E-state index is 12.1. The number of aromatic nitrogens is 3. The first-order valence-electron chi connectivity index (χ1n) is 7.71. The minimum Gasteiger partial charge on any atom is -0.417 e. The number of hydrogen-bond donors (Lipinski definition) is 2. The normalized spacial score (nSPS) is 27.6. The van der Waals surface area contributed by atoms with Gasteiger partial charge in [0.25, 0.3) is 17.4 Å². The molecule has 1 aliphatic heterocycles. The van der Waals surface area contributed by atoms with E-state index in [1.807, 2.05) is 0 Å². The van der Waals surface area contributed by atoms with E-state index in [-0.39, 0.29) is 5.95 Å². The van der Waals surface area contributed by atoms with Crippen LogP contribution in [0.15, 0.2) is 5.10 Å². The molecule has 9 nitrogen and oxygen atoms in total. The van der Waals surface area contributed by atoms with Crippen LogP contribution in [-0.2, 0) is 19.1 Å². The fourth-order valence-corrected chi connectivity index (χ4v) is 2.86. The van der Waals surface area contributed by atoms with Crippen LogP contribution < -0.4 is 5.43 Å². The van der Waals surface area contributed by atoms with Gasteiger partial charge < -0.3 is 9.47 Å². The van der Waals surface area contributed by atoms with E-state index in [0.717, 1.165) is 19.3 Å². The summed E-state index contributed by atoms with van der Waals surface area (Å²) in [7, 11) is 0. The van der Waals surface area contributed by atoms with Crippen LogP contribution in [0.2, 0.25) is 0 Å². The summed E-state index contributed by atoms with van der Waals surface area (Å²) in [6.07, 6.45) is 3.88. The number of esters is 2. The number of rotatable bonds is 3. The van der Waals surface area contributed by atoms with E-state index < -0.39 is 23.4 Å². The van der Waals surface area contributed by atoms with E-state index in [9.17, 15) is 9.59 Å². The number of ether oxygens (including phenoxy) is 2. The van der Waals surface area contributed by atoms with Crippen LogP contribution in [0.4, 0.5) is 5.95 Å². The van der Waals surface area contributed by atoms with Gasteiger partial charge in [-0.3, -0.25) is 5.10 Å². The van der Waals surface area contributed by atoms with Gasteiger partial charge in [0.15, 0.2) is 0 Å². The zero-order chi connectivity index (χ0) is 16.4. The predicted octanol–water partition coefficient (Wildman–Crippen LogP) is 1.28. The lowest BCUT2D eigenvalue weighted by atomic mass is 9.83. The topological polar surface area (TPSA) is 119 Å². The SMILES string of the molecule is CCC1CCC2(CC1)OC(=O)C(=NNc1n[nH]c(C)n1)C(=O)O2. The Morgan fingerprint density at radius 3 is 2.48 bits per heavy atom. The van der Waals surface area contributed by atoms with Crippen molar-refractivity contribution in [2.75, 3.05) is 5.43 Å². The molecule has 1 saturated carbocycles. The average molecular weight is 321 g/mol. The summed E-state index contributed by atoms with van der Waals surface area (Å²) in [5.41, 5.74) is 2.00. The molecule has 0 atom stereocenters. The Morgan fingerprint density at radius 1 is 1.30 bits per heavy atom. The first kappa shape index (κ1) is 15.4. The third-order valence-electron chi connectivity index (χ3n) is 4.25. The molecular formula is C14H19N5O4. The lowest BCUT2D eigenvalue weighted by Gasteiger charge is -2.40. The Kier molecular flexibility index (Phi) is 4.01. The van der Waals surface area contributed by atoms with Gasteiger partial charge in [-0.2, -0.15) is 10.1 Å². The van der Waals surface area contributed by atoms with Gasteiger partial charge in [0, 0.05) is 12.8 Å². The molecule has 23 heavy (non-hydrogen) atoms. The largest absolute Gasteiger partial charge is 0.417 e. The fraction of sp³-hybridized carbons (Fsp3) is 0.643. The highest BCUT2D eigenvalue weighted by molar-refractivity contribution is 6.63. The first-order valence-corrected chi connectivity index (χ1v) is 7.71. The third kappa shape index (κ3) is 3.17. The van der Waals surface area contributed by atoms with Crippen molar-refractivity contribution in [2.24, 2.45) is 11.0 Å². The number of carbonyl (C=O) groups excluding carboxylic acids is 2. The highest BCUT2D eigenvalue weighted by Crippen LogP contribution is 2.39. The maximum absolute atomic E-state index is 12.1. The monoisotopic (exact) mass is 321 g/mol. The summed E-state index contributed by atoms with van der Waals surface area (Å²) in [6.45, 7) is 3.84. The van der Waals surface area contributed by atoms with E-state index in [2.05, 4.69) is 32.6 Å². The third-order valence-corrected chi connectivity index (χ3v) is 4.25. The summed E-state index contributed by atoms with van der Waals surface area (Å²) < 4.78 is 10.8. The molecule has 1 aromatic heterocycles. The summed E-state index contributed by atoms with van der Waals surface area (Å²) in [5, 5.41) is 10.1. The molecule has 0 radical (unpaired) electrons. The molecule has 3 rings (SSSR count). The second-order valence-electron chi connectivity index (χ2n) is 5.86. The van der Waals surface area contributed by atoms with Crippen LogP contribution in [0.1, 0.15) is 44.9 Å². The average Bonchev–Trinajstić information content (AvgIpc) is 2.93. The maximum Gasteiger partial charge on any atom is 0.369 e. The van der Waals surface area contributed by atoms with Crippen LogP contribution in [0, 0.1) is 12.8 Å². The van der Waals surface area contributed by atoms with E-state index in [1.54, 1.807) is 6.92 Å². The summed E-state index contributed by atoms with van der Waals surface area (Å²) in [5.74, 6) is -1.37. The van der Waals surface area contributed by atoms with Crippen LogP contribution in [-0.4, -0.2) is 38.6 Å². The molecule has 2 aliphatic rings. The minimum absolute atomic E-state index is 0.152. The number of carbonyl (C=O) groups is 2. The molecule has 2 heterocycles. The highest BCUT2D eigenvalue weighted by atomic mass is 16.7. The fourth-order valence-electron chi connectivity index (χ4n) is 2.86. The van der Waals surface area contributed by atoms with Gasteiger partial charge in [-0.05, 0) is 25.7 Å². The van der Waals surface area contributed by atoms with Crippen LogP contribution in [0.3, 0.4) is 0 Å². The summed E-state index contributed by atoms with van der Waals surface area (Å²) in [6, 6.07) is 0. The predicted molar refractivity (Wildman–Crippen MR) is 79.3 cm³/mol. The quantitative estimate of drug-likeness (QED) is 0.635. The van der Waals surface area contributed by atoms with Crippen LogP contribution in [0.25, 0.3) is 0 Å². The van der Waals surface area contributed by atoms with Crippen molar-refractivity contribution in [2.45, 2.75) is 51.7 Å². The summed E-state index contributed by atoms with van der Waals surface area (Å²) in [4.78, 5) is 28.2. The molecule has 1 spiro atoms. The second kappa shape index (κ2) is 5.98. The van der Waals surface area contributed by atoms with Gasteiger partial charge in [-0.25, -0.2) is 15.0 Å². The second-order valence-corrected chi connectivity index (χ2v) is 5.86. The number of nitrogens with one attached hydrogen (secondary N) is 2. The molecule has 9 heteroatoms. The molecule has 0 aromatic carbocycles. The Bertz CT molecular complexity index is 623. The van der Waals surface area contributed by atoms with Gasteiger partial charge in [0.1, 0.15) is 5.82 Å². The molecule has 2 N–H and O–H groups in total. The molecule has 1 saturated heterocycles. The van der Waals surface area contributed by atoms with E-state index in [0.29, 0.717) is 24.6 Å². The van der Waals surface area contributed by atoms with Crippen molar-refractivity contribution < 1.29 is 19.1 Å². The number of aromatic amines is 1. The number of hydrogen-bond acceptors (Lipinski definition) is 8. The van der Waals surface area contributed by atoms with Crippen molar-refractivity contribution in [1.82, 2.24) is 15.2 Å². The standard InChI is InChI=1S/C14H19N5O4/c1-3-9-4-6-14(7-5-9)22-11(20)10(12(21)23-14)17-19-13-15-8(2)16-18-13/h9H,3-7H2,1-2H3,(H2,15,16,18,19). The van der Waals surface area contributed by atoms with Gasteiger partial charge in [0.05, 0.1) is 0 Å². The van der Waals surface area contributed by atoms with Crippen molar-refractivity contribution in [3.63, 3.8) is 0 Å². The Hall–Kier alpha value is -2.45. The lowest BCUT2D eigenvalue weighted by Crippen LogP contribution is -2.52.